The smallest absolute Gasteiger partial charge is 0.0704 e. The first kappa shape index (κ1) is 29.6. The molecular weight excluding hydrogens is 665 g/mol. The summed E-state index contributed by atoms with van der Waals surface area (Å²) in [6.07, 6.45) is 3.83. The van der Waals surface area contributed by atoms with E-state index in [1.807, 2.05) is 36.7 Å². The Labute approximate surface area is 252 Å². The first-order valence-electron chi connectivity index (χ1n) is 13.7. The zero-order chi connectivity index (χ0) is 27.8. The van der Waals surface area contributed by atoms with E-state index in [9.17, 15) is 0 Å². The summed E-state index contributed by atoms with van der Waals surface area (Å²) in [7, 11) is 0. The van der Waals surface area contributed by atoms with Gasteiger partial charge in [-0.05, 0) is 74.3 Å². The van der Waals surface area contributed by atoms with E-state index in [1.54, 1.807) is 0 Å². The molecule has 0 spiro atoms. The minimum atomic E-state index is 0. The van der Waals surface area contributed by atoms with Gasteiger partial charge in [-0.15, -0.1) is 35.0 Å². The number of benzene rings is 4. The maximum Gasteiger partial charge on any atom is 0.0704 e. The standard InChI is InChI=1S/C21H18N.C16H19N.Ir/c1-21(2,3)16-9-11-17-15(12-16)13-22-20-18-7-5-4-6-14(18)8-10-19(17)20;1-12-11-13(16(2,3)4)8-9-14(12)15-7-5-6-10-17-15;/h4-6,8-13H,1-3H3;5-11H,1-4H3;/q-1;;. The molecule has 0 aliphatic rings. The third kappa shape index (κ3) is 6.17. The average molecular weight is 702 g/mol. The Hall–Kier alpha value is -3.39. The number of pyridine rings is 2. The second kappa shape index (κ2) is 11.6. The molecule has 2 nitrogen and oxygen atoms in total. The van der Waals surface area contributed by atoms with Crippen LogP contribution in [0.2, 0.25) is 0 Å². The summed E-state index contributed by atoms with van der Waals surface area (Å²) in [5.41, 5.74) is 7.66. The SMILES string of the molecule is CC(C)(C)c1ccc2c(cnc3c4[c-]cccc4ccc23)c1.Cc1cc(C(C)(C)C)ccc1-c1ccccn1.[Ir]. The van der Waals surface area contributed by atoms with Crippen molar-refractivity contribution in [1.29, 1.82) is 0 Å². The minimum Gasteiger partial charge on any atom is -0.303 e. The summed E-state index contributed by atoms with van der Waals surface area (Å²) in [5.74, 6) is 0. The number of aromatic nitrogens is 2. The molecule has 0 aliphatic heterocycles. The van der Waals surface area contributed by atoms with Crippen molar-refractivity contribution in [2.75, 3.05) is 0 Å². The van der Waals surface area contributed by atoms with E-state index >= 15 is 0 Å². The molecule has 205 valence electrons. The summed E-state index contributed by atoms with van der Waals surface area (Å²) < 4.78 is 0. The van der Waals surface area contributed by atoms with Crippen molar-refractivity contribution in [2.45, 2.75) is 59.3 Å². The van der Waals surface area contributed by atoms with Crippen LogP contribution in [0.25, 0.3) is 43.7 Å². The van der Waals surface area contributed by atoms with Crippen LogP contribution in [0, 0.1) is 13.0 Å². The minimum absolute atomic E-state index is 0. The van der Waals surface area contributed by atoms with E-state index in [1.165, 1.54) is 43.8 Å². The maximum absolute atomic E-state index is 4.73. The molecule has 0 amide bonds. The van der Waals surface area contributed by atoms with Crippen LogP contribution in [0.3, 0.4) is 0 Å². The van der Waals surface area contributed by atoms with Gasteiger partial charge in [0.1, 0.15) is 0 Å². The number of hydrogen-bond acceptors (Lipinski definition) is 2. The van der Waals surface area contributed by atoms with Crippen molar-refractivity contribution in [3.8, 4) is 11.3 Å². The Morgan fingerprint density at radius 2 is 1.35 bits per heavy atom. The molecule has 2 heterocycles. The molecule has 0 atom stereocenters. The van der Waals surface area contributed by atoms with Gasteiger partial charge in [-0.2, -0.15) is 0 Å². The van der Waals surface area contributed by atoms with Gasteiger partial charge in [0.25, 0.3) is 0 Å². The van der Waals surface area contributed by atoms with Gasteiger partial charge in [-0.1, -0.05) is 90.1 Å². The molecule has 0 fully saturated rings. The van der Waals surface area contributed by atoms with Crippen LogP contribution in [-0.4, -0.2) is 9.97 Å². The number of rotatable bonds is 1. The molecule has 3 heteroatoms. The molecule has 0 bridgehead atoms. The second-order valence-electron chi connectivity index (χ2n) is 12.4. The van der Waals surface area contributed by atoms with Gasteiger partial charge in [0.2, 0.25) is 0 Å². The fourth-order valence-corrected chi connectivity index (χ4v) is 4.99. The molecule has 6 rings (SSSR count). The monoisotopic (exact) mass is 702 g/mol. The predicted octanol–water partition coefficient (Wildman–Crippen LogP) is 9.99. The van der Waals surface area contributed by atoms with Crippen LogP contribution in [0.1, 0.15) is 58.2 Å². The maximum atomic E-state index is 4.73. The molecule has 40 heavy (non-hydrogen) atoms. The van der Waals surface area contributed by atoms with E-state index in [0.29, 0.717) is 0 Å². The Kier molecular flexibility index (Phi) is 8.59. The fraction of sp³-hybridized carbons (Fsp3) is 0.243. The van der Waals surface area contributed by atoms with Gasteiger partial charge >= 0.3 is 0 Å². The Morgan fingerprint density at radius 1 is 0.650 bits per heavy atom. The van der Waals surface area contributed by atoms with Gasteiger partial charge in [-0.3, -0.25) is 4.98 Å². The fourth-order valence-electron chi connectivity index (χ4n) is 4.99. The zero-order valence-corrected chi connectivity index (χ0v) is 26.9. The largest absolute Gasteiger partial charge is 0.303 e. The Morgan fingerprint density at radius 3 is 2.02 bits per heavy atom. The first-order chi connectivity index (χ1) is 18.5. The number of nitrogens with zero attached hydrogens (tertiary/aromatic N) is 2. The van der Waals surface area contributed by atoms with Crippen LogP contribution < -0.4 is 0 Å². The topological polar surface area (TPSA) is 25.8 Å². The van der Waals surface area contributed by atoms with E-state index in [0.717, 1.165) is 16.6 Å². The normalized spacial score (nSPS) is 11.7. The summed E-state index contributed by atoms with van der Waals surface area (Å²) in [5, 5.41) is 5.95. The average Bonchev–Trinajstić information content (AvgIpc) is 2.92. The molecule has 2 aromatic heterocycles. The number of fused-ring (bicyclic) bond motifs is 5. The van der Waals surface area contributed by atoms with Crippen molar-refractivity contribution in [2.24, 2.45) is 0 Å². The molecular formula is C37H37IrN2-. The third-order valence-corrected chi connectivity index (χ3v) is 7.38. The third-order valence-electron chi connectivity index (χ3n) is 7.38. The van der Waals surface area contributed by atoms with E-state index in [2.05, 4.69) is 120 Å². The van der Waals surface area contributed by atoms with E-state index in [-0.39, 0.29) is 30.9 Å². The molecule has 0 unspecified atom stereocenters. The summed E-state index contributed by atoms with van der Waals surface area (Å²) >= 11 is 0. The number of aryl methyl sites for hydroxylation is 1. The Balaban J connectivity index is 0.000000187. The summed E-state index contributed by atoms with van der Waals surface area (Å²) in [6.45, 7) is 15.6. The molecule has 0 N–H and O–H groups in total. The van der Waals surface area contributed by atoms with Crippen LogP contribution in [-0.2, 0) is 30.9 Å². The predicted molar refractivity (Wildman–Crippen MR) is 167 cm³/mol. The van der Waals surface area contributed by atoms with Gasteiger partial charge in [-0.25, -0.2) is 0 Å². The van der Waals surface area contributed by atoms with Gasteiger partial charge in [0, 0.05) is 38.1 Å². The summed E-state index contributed by atoms with van der Waals surface area (Å²) in [6, 6.07) is 33.2. The zero-order valence-electron chi connectivity index (χ0n) is 24.5. The van der Waals surface area contributed by atoms with Gasteiger partial charge < -0.3 is 4.98 Å². The molecule has 0 saturated heterocycles. The van der Waals surface area contributed by atoms with Crippen molar-refractivity contribution in [3.63, 3.8) is 0 Å². The second-order valence-corrected chi connectivity index (χ2v) is 12.4. The van der Waals surface area contributed by atoms with Gasteiger partial charge in [0.05, 0.1) is 5.69 Å². The number of hydrogen-bond donors (Lipinski definition) is 0. The first-order valence-corrected chi connectivity index (χ1v) is 13.7. The van der Waals surface area contributed by atoms with Crippen LogP contribution in [0.5, 0.6) is 0 Å². The van der Waals surface area contributed by atoms with Crippen molar-refractivity contribution >= 4 is 32.4 Å². The van der Waals surface area contributed by atoms with Crippen molar-refractivity contribution in [1.82, 2.24) is 9.97 Å². The van der Waals surface area contributed by atoms with Crippen molar-refractivity contribution in [3.05, 3.63) is 120 Å². The Bertz CT molecular complexity index is 1770. The quantitative estimate of drug-likeness (QED) is 0.126. The van der Waals surface area contributed by atoms with E-state index in [4.69, 9.17) is 4.98 Å². The summed E-state index contributed by atoms with van der Waals surface area (Å²) in [4.78, 5) is 9.13. The van der Waals surface area contributed by atoms with Crippen LogP contribution >= 0.6 is 0 Å². The van der Waals surface area contributed by atoms with Crippen molar-refractivity contribution < 1.29 is 20.1 Å². The van der Waals surface area contributed by atoms with Crippen LogP contribution in [0.15, 0.2) is 97.3 Å². The molecule has 0 saturated carbocycles. The van der Waals surface area contributed by atoms with E-state index < -0.39 is 0 Å². The molecule has 0 aliphatic carbocycles. The molecule has 1 radical (unpaired) electrons. The molecule has 6 aromatic rings. The van der Waals surface area contributed by atoms with Crippen LogP contribution in [0.4, 0.5) is 0 Å². The molecule has 4 aromatic carbocycles. The van der Waals surface area contributed by atoms with Gasteiger partial charge in [0.15, 0.2) is 0 Å².